The van der Waals surface area contributed by atoms with Gasteiger partial charge in [0.15, 0.2) is 0 Å². The third-order valence-corrected chi connectivity index (χ3v) is 2.65. The highest BCUT2D eigenvalue weighted by Crippen LogP contribution is 2.10. The third kappa shape index (κ3) is 3.59. The van der Waals surface area contributed by atoms with E-state index in [0.29, 0.717) is 12.1 Å². The van der Waals surface area contributed by atoms with Gasteiger partial charge >= 0.3 is 0 Å². The lowest BCUT2D eigenvalue weighted by atomic mass is 10.0. The fraction of sp³-hybridized carbons (Fsp3) is 0.143. The van der Waals surface area contributed by atoms with Gasteiger partial charge in [-0.1, -0.05) is 0 Å². The van der Waals surface area contributed by atoms with E-state index in [0.717, 1.165) is 11.1 Å². The molecule has 0 aromatic carbocycles. The highest BCUT2D eigenvalue weighted by atomic mass is 16.3. The van der Waals surface area contributed by atoms with Crippen LogP contribution in [-0.2, 0) is 13.0 Å². The van der Waals surface area contributed by atoms with E-state index in [4.69, 9.17) is 10.8 Å². The van der Waals surface area contributed by atoms with Crippen molar-refractivity contribution in [1.82, 2.24) is 9.97 Å². The van der Waals surface area contributed by atoms with Crippen LogP contribution in [0.15, 0.2) is 36.7 Å². The Hall–Kier alpha value is -2.27. The zero-order valence-corrected chi connectivity index (χ0v) is 10.3. The van der Waals surface area contributed by atoms with Crippen molar-refractivity contribution in [2.24, 2.45) is 5.73 Å². The second kappa shape index (κ2) is 6.06. The van der Waals surface area contributed by atoms with E-state index < -0.39 is 5.91 Å². The number of carbonyl (C=O) groups excluding carboxylic acids is 1. The highest BCUT2D eigenvalue weighted by molar-refractivity contribution is 5.90. The molecule has 0 spiro atoms. The first-order valence-corrected chi connectivity index (χ1v) is 5.83. The predicted molar refractivity (Wildman–Crippen MR) is 70.0 cm³/mol. The average molecular weight is 256 g/mol. The number of aromatic nitrogens is 2. The van der Waals surface area contributed by atoms with E-state index in [9.17, 15) is 4.79 Å². The van der Waals surface area contributed by atoms with E-state index in [1.807, 2.05) is 18.6 Å². The van der Waals surface area contributed by atoms with Crippen molar-refractivity contribution in [2.45, 2.75) is 13.0 Å². The van der Waals surface area contributed by atoms with Crippen LogP contribution in [0.25, 0.3) is 0 Å². The minimum absolute atomic E-state index is 0.0745. The van der Waals surface area contributed by atoms with Crippen LogP contribution in [0.3, 0.4) is 0 Å². The Labute approximate surface area is 111 Å². The number of aliphatic hydroxyl groups excluding tert-OH is 1. The van der Waals surface area contributed by atoms with Gasteiger partial charge in [0.1, 0.15) is 5.69 Å². The molecule has 0 bridgehead atoms. The predicted octanol–water partition coefficient (Wildman–Crippen LogP) is 0.863. The molecule has 2 heterocycles. The van der Waals surface area contributed by atoms with Gasteiger partial charge in [-0.25, -0.2) is 0 Å². The number of hydrogen-bond acceptors (Lipinski definition) is 4. The van der Waals surface area contributed by atoms with Gasteiger partial charge in [0.2, 0.25) is 0 Å². The largest absolute Gasteiger partial charge is 0.390 e. The zero-order valence-electron chi connectivity index (χ0n) is 10.3. The molecule has 5 nitrogen and oxygen atoms in total. The van der Waals surface area contributed by atoms with Crippen LogP contribution in [0, 0.1) is 6.42 Å². The Balaban J connectivity index is 2.05. The summed E-state index contributed by atoms with van der Waals surface area (Å²) in [7, 11) is 0. The lowest BCUT2D eigenvalue weighted by Gasteiger charge is -2.04. The first-order valence-electron chi connectivity index (χ1n) is 5.83. The Kier molecular flexibility index (Phi) is 4.20. The van der Waals surface area contributed by atoms with Gasteiger partial charge < -0.3 is 10.8 Å². The highest BCUT2D eigenvalue weighted by Gasteiger charge is 2.04. The summed E-state index contributed by atoms with van der Waals surface area (Å²) in [6, 6.07) is 7.18. The van der Waals surface area contributed by atoms with Crippen molar-refractivity contribution < 1.29 is 9.90 Å². The van der Waals surface area contributed by atoms with E-state index in [1.165, 1.54) is 0 Å². The van der Waals surface area contributed by atoms with Crippen LogP contribution in [0.1, 0.15) is 27.3 Å². The van der Waals surface area contributed by atoms with Crippen molar-refractivity contribution in [2.75, 3.05) is 0 Å². The maximum atomic E-state index is 11.0. The summed E-state index contributed by atoms with van der Waals surface area (Å²) in [5.74, 6) is -0.540. The molecule has 3 N–H and O–H groups in total. The molecule has 0 atom stereocenters. The first kappa shape index (κ1) is 13.2. The molecule has 2 aromatic heterocycles. The zero-order chi connectivity index (χ0) is 13.7. The van der Waals surface area contributed by atoms with Gasteiger partial charge in [0, 0.05) is 12.4 Å². The van der Waals surface area contributed by atoms with Crippen molar-refractivity contribution in [3.63, 3.8) is 0 Å². The maximum absolute atomic E-state index is 11.0. The number of rotatable bonds is 5. The Morgan fingerprint density at radius 1 is 1.26 bits per heavy atom. The van der Waals surface area contributed by atoms with Crippen LogP contribution in [0.4, 0.5) is 0 Å². The van der Waals surface area contributed by atoms with E-state index in [1.54, 1.807) is 24.5 Å². The fourth-order valence-corrected chi connectivity index (χ4v) is 1.69. The molecule has 0 aliphatic rings. The van der Waals surface area contributed by atoms with Crippen molar-refractivity contribution in [3.8, 4) is 0 Å². The molecule has 0 aliphatic carbocycles. The minimum atomic E-state index is -0.540. The Bertz CT molecular complexity index is 584. The van der Waals surface area contributed by atoms with Gasteiger partial charge in [0.25, 0.3) is 5.91 Å². The molecule has 0 saturated carbocycles. The average Bonchev–Trinajstić information content (AvgIpc) is 2.45. The van der Waals surface area contributed by atoms with E-state index in [2.05, 4.69) is 9.97 Å². The normalized spacial score (nSPS) is 10.4. The number of carbonyl (C=O) groups is 1. The van der Waals surface area contributed by atoms with Crippen molar-refractivity contribution in [3.05, 3.63) is 65.6 Å². The second-order valence-electron chi connectivity index (χ2n) is 4.06. The molecule has 1 amide bonds. The number of amides is 1. The molecule has 0 fully saturated rings. The van der Waals surface area contributed by atoms with Crippen LogP contribution in [-0.4, -0.2) is 21.0 Å². The molecule has 2 rings (SSSR count). The molecule has 5 heteroatoms. The quantitative estimate of drug-likeness (QED) is 0.830. The van der Waals surface area contributed by atoms with Gasteiger partial charge in [-0.05, 0) is 48.2 Å². The number of pyridine rings is 2. The van der Waals surface area contributed by atoms with Crippen LogP contribution < -0.4 is 5.73 Å². The molecule has 97 valence electrons. The molecule has 0 aliphatic heterocycles. The summed E-state index contributed by atoms with van der Waals surface area (Å²) < 4.78 is 0. The summed E-state index contributed by atoms with van der Waals surface area (Å²) in [5.41, 5.74) is 7.98. The molecule has 0 unspecified atom stereocenters. The molecule has 2 aromatic rings. The van der Waals surface area contributed by atoms with E-state index in [-0.39, 0.29) is 12.3 Å². The lowest BCUT2D eigenvalue weighted by molar-refractivity contribution is 0.0995. The summed E-state index contributed by atoms with van der Waals surface area (Å²) in [6.45, 7) is -0.0745. The number of nitrogens with two attached hydrogens (primary N) is 1. The second-order valence-corrected chi connectivity index (χ2v) is 4.06. The number of primary amides is 1. The van der Waals surface area contributed by atoms with E-state index >= 15 is 0 Å². The molecular weight excluding hydrogens is 242 g/mol. The lowest BCUT2D eigenvalue weighted by Crippen LogP contribution is -2.13. The van der Waals surface area contributed by atoms with Crippen LogP contribution >= 0.6 is 0 Å². The van der Waals surface area contributed by atoms with Gasteiger partial charge in [-0.2, -0.15) is 0 Å². The molecule has 1 radical (unpaired) electrons. The third-order valence-electron chi connectivity index (χ3n) is 2.65. The summed E-state index contributed by atoms with van der Waals surface area (Å²) in [4.78, 5) is 18.9. The van der Waals surface area contributed by atoms with Crippen molar-refractivity contribution in [1.29, 1.82) is 0 Å². The summed E-state index contributed by atoms with van der Waals surface area (Å²) in [6.07, 6.45) is 5.86. The number of aliphatic hydroxyl groups is 1. The Morgan fingerprint density at radius 2 is 2.05 bits per heavy atom. The SMILES string of the molecule is NC(=O)c1cc([CH]Cc2ccnc(CO)c2)ccn1. The molecule has 19 heavy (non-hydrogen) atoms. The van der Waals surface area contributed by atoms with Crippen molar-refractivity contribution >= 4 is 5.91 Å². The topological polar surface area (TPSA) is 89.1 Å². The summed E-state index contributed by atoms with van der Waals surface area (Å²) >= 11 is 0. The summed E-state index contributed by atoms with van der Waals surface area (Å²) in [5, 5.41) is 9.01. The minimum Gasteiger partial charge on any atom is -0.390 e. The van der Waals surface area contributed by atoms with Gasteiger partial charge in [-0.15, -0.1) is 0 Å². The van der Waals surface area contributed by atoms with Crippen LogP contribution in [0.2, 0.25) is 0 Å². The fourth-order valence-electron chi connectivity index (χ4n) is 1.69. The van der Waals surface area contributed by atoms with Gasteiger partial charge in [0.05, 0.1) is 12.3 Å². The van der Waals surface area contributed by atoms with Gasteiger partial charge in [-0.3, -0.25) is 14.8 Å². The standard InChI is InChI=1S/C14H14N3O2/c15-14(19)13-8-11(4-6-17-13)2-1-10-3-5-16-12(7-10)9-18/h2-8,18H,1,9H2,(H2,15,19). The molecule has 0 saturated heterocycles. The molecular formula is C14H14N3O2. The Morgan fingerprint density at radius 3 is 2.79 bits per heavy atom. The number of hydrogen-bond donors (Lipinski definition) is 2. The first-order chi connectivity index (χ1) is 9.19. The smallest absolute Gasteiger partial charge is 0.267 e. The van der Waals surface area contributed by atoms with Crippen LogP contribution in [0.5, 0.6) is 0 Å². The number of nitrogens with zero attached hydrogens (tertiary/aromatic N) is 2. The maximum Gasteiger partial charge on any atom is 0.267 e. The monoisotopic (exact) mass is 256 g/mol.